The van der Waals surface area contributed by atoms with Gasteiger partial charge < -0.3 is 9.64 Å². The van der Waals surface area contributed by atoms with Crippen molar-refractivity contribution in [2.24, 2.45) is 0 Å². The molecule has 2 aromatic rings. The maximum atomic E-state index is 13.0. The maximum Gasteiger partial charge on any atom is 0.282 e. The quantitative estimate of drug-likeness (QED) is 0.871. The molecule has 4 nitrogen and oxygen atoms in total. The Hall–Kier alpha value is -1.79. The van der Waals surface area contributed by atoms with Gasteiger partial charge in [0, 0.05) is 26.8 Å². The summed E-state index contributed by atoms with van der Waals surface area (Å²) in [5.41, 5.74) is 1.44. The minimum Gasteiger partial charge on any atom is -0.379 e. The number of hydrogen-bond acceptors (Lipinski definition) is 4. The van der Waals surface area contributed by atoms with Gasteiger partial charge in [-0.15, -0.1) is 11.3 Å². The number of halogens is 1. The van der Waals surface area contributed by atoms with Gasteiger partial charge in [-0.25, -0.2) is 9.37 Å². The van der Waals surface area contributed by atoms with Crippen LogP contribution in [0, 0.1) is 5.82 Å². The number of thiazole rings is 1. The second kappa shape index (κ2) is 6.11. The number of methoxy groups -OCH3 is 1. The van der Waals surface area contributed by atoms with Crippen molar-refractivity contribution in [1.29, 1.82) is 0 Å². The van der Waals surface area contributed by atoms with Gasteiger partial charge in [0.05, 0.1) is 17.2 Å². The van der Waals surface area contributed by atoms with E-state index in [1.807, 2.05) is 0 Å². The van der Waals surface area contributed by atoms with E-state index in [9.17, 15) is 9.18 Å². The van der Waals surface area contributed by atoms with Crippen molar-refractivity contribution >= 4 is 17.2 Å². The predicted molar refractivity (Wildman–Crippen MR) is 76.2 cm³/mol. The molecule has 2 rings (SSSR count). The lowest BCUT2D eigenvalue weighted by Crippen LogP contribution is -2.21. The molecular weight excluding hydrogens is 279 g/mol. The SMILES string of the molecule is COCc1sc(C(=O)N(C)C)nc1-c1ccc(F)cc1. The first kappa shape index (κ1) is 14.6. The van der Waals surface area contributed by atoms with Crippen molar-refractivity contribution in [3.05, 3.63) is 40.0 Å². The molecule has 0 aliphatic rings. The molecule has 0 N–H and O–H groups in total. The van der Waals surface area contributed by atoms with Crippen LogP contribution in [0.5, 0.6) is 0 Å². The van der Waals surface area contributed by atoms with Gasteiger partial charge in [-0.3, -0.25) is 4.79 Å². The third-order valence-electron chi connectivity index (χ3n) is 2.68. The molecule has 0 unspecified atom stereocenters. The normalized spacial score (nSPS) is 10.6. The highest BCUT2D eigenvalue weighted by Crippen LogP contribution is 2.29. The van der Waals surface area contributed by atoms with E-state index >= 15 is 0 Å². The van der Waals surface area contributed by atoms with Crippen molar-refractivity contribution in [1.82, 2.24) is 9.88 Å². The lowest BCUT2D eigenvalue weighted by molar-refractivity contribution is 0.0827. The van der Waals surface area contributed by atoms with Crippen LogP contribution in [0.3, 0.4) is 0 Å². The number of nitrogens with zero attached hydrogens (tertiary/aromatic N) is 2. The minimum absolute atomic E-state index is 0.152. The number of carbonyl (C=O) groups excluding carboxylic acids is 1. The molecule has 0 atom stereocenters. The van der Waals surface area contributed by atoms with Gasteiger partial charge in [-0.2, -0.15) is 0 Å². The molecule has 0 saturated carbocycles. The summed E-state index contributed by atoms with van der Waals surface area (Å²) in [6.45, 7) is 0.366. The van der Waals surface area contributed by atoms with Crippen molar-refractivity contribution in [3.8, 4) is 11.3 Å². The number of rotatable bonds is 4. The van der Waals surface area contributed by atoms with Crippen LogP contribution in [0.15, 0.2) is 24.3 Å². The van der Waals surface area contributed by atoms with Crippen molar-refractivity contribution in [3.63, 3.8) is 0 Å². The molecule has 1 aromatic heterocycles. The van der Waals surface area contributed by atoms with Gasteiger partial charge in [-0.05, 0) is 24.3 Å². The first-order valence-electron chi connectivity index (χ1n) is 5.99. The lowest BCUT2D eigenvalue weighted by atomic mass is 10.1. The van der Waals surface area contributed by atoms with Crippen LogP contribution in [0.2, 0.25) is 0 Å². The van der Waals surface area contributed by atoms with Gasteiger partial charge >= 0.3 is 0 Å². The molecule has 20 heavy (non-hydrogen) atoms. The van der Waals surface area contributed by atoms with E-state index in [2.05, 4.69) is 4.98 Å². The fourth-order valence-electron chi connectivity index (χ4n) is 1.70. The molecule has 0 aliphatic carbocycles. The van der Waals surface area contributed by atoms with Gasteiger partial charge in [0.15, 0.2) is 5.01 Å². The number of benzene rings is 1. The first-order chi connectivity index (χ1) is 9.52. The summed E-state index contributed by atoms with van der Waals surface area (Å²) in [4.78, 5) is 18.7. The summed E-state index contributed by atoms with van der Waals surface area (Å²) in [6.07, 6.45) is 0. The van der Waals surface area contributed by atoms with Crippen LogP contribution in [-0.2, 0) is 11.3 Å². The van der Waals surface area contributed by atoms with E-state index in [1.54, 1.807) is 33.3 Å². The Morgan fingerprint density at radius 2 is 2.00 bits per heavy atom. The third-order valence-corrected chi connectivity index (χ3v) is 3.70. The van der Waals surface area contributed by atoms with Gasteiger partial charge in [0.1, 0.15) is 5.82 Å². The Kier molecular flexibility index (Phi) is 4.46. The van der Waals surface area contributed by atoms with E-state index in [0.717, 1.165) is 10.4 Å². The standard InChI is InChI=1S/C14H15FN2O2S/c1-17(2)14(18)13-16-12(11(20-13)8-19-3)9-4-6-10(15)7-5-9/h4-7H,8H2,1-3H3. The Balaban J connectivity index is 2.45. The summed E-state index contributed by atoms with van der Waals surface area (Å²) in [5.74, 6) is -0.456. The Morgan fingerprint density at radius 3 is 2.55 bits per heavy atom. The van der Waals surface area contributed by atoms with E-state index in [4.69, 9.17) is 4.74 Å². The summed E-state index contributed by atoms with van der Waals surface area (Å²) < 4.78 is 18.1. The van der Waals surface area contributed by atoms with Crippen LogP contribution in [-0.4, -0.2) is 37.0 Å². The largest absolute Gasteiger partial charge is 0.379 e. The molecule has 1 aromatic carbocycles. The van der Waals surface area contributed by atoms with Crippen molar-refractivity contribution in [2.45, 2.75) is 6.61 Å². The molecule has 0 saturated heterocycles. The highest BCUT2D eigenvalue weighted by molar-refractivity contribution is 7.14. The summed E-state index contributed by atoms with van der Waals surface area (Å²) >= 11 is 1.30. The first-order valence-corrected chi connectivity index (χ1v) is 6.80. The zero-order valence-electron chi connectivity index (χ0n) is 11.5. The molecule has 106 valence electrons. The molecule has 6 heteroatoms. The number of carbonyl (C=O) groups is 1. The van der Waals surface area contributed by atoms with Crippen LogP contribution in [0.1, 0.15) is 14.7 Å². The molecule has 1 heterocycles. The Morgan fingerprint density at radius 1 is 1.35 bits per heavy atom. The summed E-state index contributed by atoms with van der Waals surface area (Å²) in [5, 5.41) is 0.404. The number of aromatic nitrogens is 1. The maximum absolute atomic E-state index is 13.0. The minimum atomic E-state index is -0.304. The molecule has 0 aliphatic heterocycles. The van der Waals surface area contributed by atoms with E-state index in [-0.39, 0.29) is 11.7 Å². The summed E-state index contributed by atoms with van der Waals surface area (Å²) in [6, 6.07) is 6.04. The average molecular weight is 294 g/mol. The summed E-state index contributed by atoms with van der Waals surface area (Å²) in [7, 11) is 4.94. The monoisotopic (exact) mass is 294 g/mol. The highest BCUT2D eigenvalue weighted by Gasteiger charge is 2.19. The Bertz CT molecular complexity index is 608. The molecular formula is C14H15FN2O2S. The molecule has 1 amide bonds. The molecule has 0 radical (unpaired) electrons. The third kappa shape index (κ3) is 3.02. The Labute approximate surface area is 120 Å². The molecule has 0 fully saturated rings. The lowest BCUT2D eigenvalue weighted by Gasteiger charge is -2.06. The van der Waals surface area contributed by atoms with Crippen LogP contribution < -0.4 is 0 Å². The second-order valence-electron chi connectivity index (χ2n) is 4.43. The fraction of sp³-hybridized carbons (Fsp3) is 0.286. The topological polar surface area (TPSA) is 42.4 Å². The van der Waals surface area contributed by atoms with Crippen molar-refractivity contribution in [2.75, 3.05) is 21.2 Å². The number of hydrogen-bond donors (Lipinski definition) is 0. The zero-order valence-corrected chi connectivity index (χ0v) is 12.3. The molecule has 0 bridgehead atoms. The molecule has 0 spiro atoms. The van der Waals surface area contributed by atoms with Gasteiger partial charge in [0.2, 0.25) is 0 Å². The van der Waals surface area contributed by atoms with Gasteiger partial charge in [-0.1, -0.05) is 0 Å². The van der Waals surface area contributed by atoms with Gasteiger partial charge in [0.25, 0.3) is 5.91 Å². The van der Waals surface area contributed by atoms with Crippen LogP contribution in [0.4, 0.5) is 4.39 Å². The smallest absolute Gasteiger partial charge is 0.282 e. The van der Waals surface area contributed by atoms with E-state index in [0.29, 0.717) is 17.3 Å². The van der Waals surface area contributed by atoms with Crippen molar-refractivity contribution < 1.29 is 13.9 Å². The van der Waals surface area contributed by atoms with Crippen LogP contribution >= 0.6 is 11.3 Å². The predicted octanol–water partition coefficient (Wildman–Crippen LogP) is 2.80. The highest BCUT2D eigenvalue weighted by atomic mass is 32.1. The van der Waals surface area contributed by atoms with Crippen LogP contribution in [0.25, 0.3) is 11.3 Å². The number of amides is 1. The van der Waals surface area contributed by atoms with E-state index in [1.165, 1.54) is 28.4 Å². The average Bonchev–Trinajstić information content (AvgIpc) is 2.83. The second-order valence-corrected chi connectivity index (χ2v) is 5.51. The number of ether oxygens (including phenoxy) is 1. The fourth-order valence-corrected chi connectivity index (χ4v) is 2.77. The zero-order chi connectivity index (χ0) is 14.7. The van der Waals surface area contributed by atoms with E-state index < -0.39 is 0 Å².